The summed E-state index contributed by atoms with van der Waals surface area (Å²) in [5.74, 6) is 1.43. The third-order valence-electron chi connectivity index (χ3n) is 2.73. The van der Waals surface area contributed by atoms with E-state index in [1.807, 2.05) is 7.05 Å². The standard InChI is InChI=1S/C9H17NO/c1-7(2)8-4-9(6-11)10(3)5-8/h6-9H,4-5H2,1-3H3/t8-,9+/m1/s1. The first kappa shape index (κ1) is 8.72. The van der Waals surface area contributed by atoms with Crippen molar-refractivity contribution in [2.24, 2.45) is 11.8 Å². The summed E-state index contributed by atoms with van der Waals surface area (Å²) in [6.07, 6.45) is 2.13. The molecule has 1 rings (SSSR count). The third-order valence-corrected chi connectivity index (χ3v) is 2.73. The molecule has 1 fully saturated rings. The molecule has 2 nitrogen and oxygen atoms in total. The molecule has 2 atom stereocenters. The lowest BCUT2D eigenvalue weighted by Gasteiger charge is -2.13. The second kappa shape index (κ2) is 3.35. The van der Waals surface area contributed by atoms with Gasteiger partial charge in [0.2, 0.25) is 0 Å². The van der Waals surface area contributed by atoms with Crippen LogP contribution in [0, 0.1) is 11.8 Å². The largest absolute Gasteiger partial charge is 0.302 e. The van der Waals surface area contributed by atoms with E-state index < -0.39 is 0 Å². The second-order valence-corrected chi connectivity index (χ2v) is 3.88. The lowest BCUT2D eigenvalue weighted by atomic mass is 9.94. The molecule has 0 aliphatic carbocycles. The van der Waals surface area contributed by atoms with Gasteiger partial charge in [-0.1, -0.05) is 13.8 Å². The fourth-order valence-corrected chi connectivity index (χ4v) is 1.71. The van der Waals surface area contributed by atoms with Gasteiger partial charge >= 0.3 is 0 Å². The molecule has 1 aliphatic heterocycles. The van der Waals surface area contributed by atoms with Crippen LogP contribution in [0.1, 0.15) is 20.3 Å². The number of carbonyl (C=O) groups is 1. The van der Waals surface area contributed by atoms with Gasteiger partial charge in [0.25, 0.3) is 0 Å². The predicted molar refractivity (Wildman–Crippen MR) is 45.4 cm³/mol. The first-order chi connectivity index (χ1) is 5.15. The Morgan fingerprint density at radius 2 is 2.18 bits per heavy atom. The second-order valence-electron chi connectivity index (χ2n) is 3.88. The molecule has 0 aromatic carbocycles. The van der Waals surface area contributed by atoms with Crippen molar-refractivity contribution >= 4 is 6.29 Å². The van der Waals surface area contributed by atoms with Crippen molar-refractivity contribution in [2.75, 3.05) is 13.6 Å². The summed E-state index contributed by atoms with van der Waals surface area (Å²) in [7, 11) is 2.03. The van der Waals surface area contributed by atoms with E-state index in [0.29, 0.717) is 5.92 Å². The van der Waals surface area contributed by atoms with E-state index in [0.717, 1.165) is 25.2 Å². The zero-order valence-corrected chi connectivity index (χ0v) is 7.58. The summed E-state index contributed by atoms with van der Waals surface area (Å²) < 4.78 is 0. The maximum atomic E-state index is 10.5. The number of hydrogen-bond donors (Lipinski definition) is 0. The van der Waals surface area contributed by atoms with E-state index >= 15 is 0 Å². The van der Waals surface area contributed by atoms with Gasteiger partial charge in [0.1, 0.15) is 6.29 Å². The molecule has 0 spiro atoms. The highest BCUT2D eigenvalue weighted by atomic mass is 16.1. The highest BCUT2D eigenvalue weighted by molar-refractivity contribution is 5.58. The molecular weight excluding hydrogens is 138 g/mol. The Hall–Kier alpha value is -0.370. The molecule has 1 heterocycles. The fraction of sp³-hybridized carbons (Fsp3) is 0.889. The van der Waals surface area contributed by atoms with Crippen LogP contribution in [0.25, 0.3) is 0 Å². The van der Waals surface area contributed by atoms with E-state index in [9.17, 15) is 4.79 Å². The van der Waals surface area contributed by atoms with E-state index in [-0.39, 0.29) is 6.04 Å². The van der Waals surface area contributed by atoms with Crippen molar-refractivity contribution < 1.29 is 4.79 Å². The van der Waals surface area contributed by atoms with E-state index in [2.05, 4.69) is 18.7 Å². The molecular formula is C9H17NO. The van der Waals surface area contributed by atoms with Gasteiger partial charge in [0, 0.05) is 6.54 Å². The van der Waals surface area contributed by atoms with Gasteiger partial charge in [-0.2, -0.15) is 0 Å². The topological polar surface area (TPSA) is 20.3 Å². The zero-order chi connectivity index (χ0) is 8.43. The zero-order valence-electron chi connectivity index (χ0n) is 7.58. The SMILES string of the molecule is CC(C)[C@@H]1C[C@@H](C=O)N(C)C1. The van der Waals surface area contributed by atoms with E-state index in [1.54, 1.807) is 0 Å². The molecule has 1 saturated heterocycles. The Morgan fingerprint density at radius 3 is 2.45 bits per heavy atom. The van der Waals surface area contributed by atoms with Crippen LogP contribution in [-0.2, 0) is 4.79 Å². The molecule has 0 amide bonds. The van der Waals surface area contributed by atoms with Crippen molar-refractivity contribution in [1.82, 2.24) is 4.90 Å². The van der Waals surface area contributed by atoms with Gasteiger partial charge < -0.3 is 4.79 Å². The number of likely N-dealkylation sites (tertiary alicyclic amines) is 1. The van der Waals surface area contributed by atoms with Crippen LogP contribution in [0.15, 0.2) is 0 Å². The Morgan fingerprint density at radius 1 is 1.55 bits per heavy atom. The molecule has 0 N–H and O–H groups in total. The molecule has 0 bridgehead atoms. The number of hydrogen-bond acceptors (Lipinski definition) is 2. The summed E-state index contributed by atoms with van der Waals surface area (Å²) >= 11 is 0. The maximum absolute atomic E-state index is 10.5. The monoisotopic (exact) mass is 155 g/mol. The van der Waals surface area contributed by atoms with Gasteiger partial charge in [-0.3, -0.25) is 4.90 Å². The number of aldehydes is 1. The van der Waals surface area contributed by atoms with Gasteiger partial charge in [0.05, 0.1) is 6.04 Å². The van der Waals surface area contributed by atoms with Crippen molar-refractivity contribution in [3.63, 3.8) is 0 Å². The highest BCUT2D eigenvalue weighted by Crippen LogP contribution is 2.26. The van der Waals surface area contributed by atoms with Crippen LogP contribution in [0.3, 0.4) is 0 Å². The number of nitrogens with zero attached hydrogens (tertiary/aromatic N) is 1. The lowest BCUT2D eigenvalue weighted by molar-refractivity contribution is -0.111. The van der Waals surface area contributed by atoms with Crippen LogP contribution < -0.4 is 0 Å². The molecule has 11 heavy (non-hydrogen) atoms. The molecule has 0 aromatic rings. The summed E-state index contributed by atoms with van der Waals surface area (Å²) in [5, 5.41) is 0. The first-order valence-electron chi connectivity index (χ1n) is 4.30. The molecule has 64 valence electrons. The third kappa shape index (κ3) is 1.80. The van der Waals surface area contributed by atoms with Crippen molar-refractivity contribution in [1.29, 1.82) is 0 Å². The van der Waals surface area contributed by atoms with Crippen molar-refractivity contribution in [3.8, 4) is 0 Å². The average molecular weight is 155 g/mol. The summed E-state index contributed by atoms with van der Waals surface area (Å²) in [4.78, 5) is 12.7. The summed E-state index contributed by atoms with van der Waals surface area (Å²) in [5.41, 5.74) is 0. The van der Waals surface area contributed by atoms with Crippen molar-refractivity contribution in [3.05, 3.63) is 0 Å². The molecule has 0 saturated carbocycles. The minimum Gasteiger partial charge on any atom is -0.302 e. The number of carbonyl (C=O) groups excluding carboxylic acids is 1. The lowest BCUT2D eigenvalue weighted by Crippen LogP contribution is -2.25. The predicted octanol–water partition coefficient (Wildman–Crippen LogP) is 1.16. The minimum atomic E-state index is 0.183. The van der Waals surface area contributed by atoms with Crippen LogP contribution in [0.4, 0.5) is 0 Å². The first-order valence-corrected chi connectivity index (χ1v) is 4.30. The van der Waals surface area contributed by atoms with E-state index in [4.69, 9.17) is 0 Å². The van der Waals surface area contributed by atoms with Gasteiger partial charge in [0.15, 0.2) is 0 Å². The molecule has 0 unspecified atom stereocenters. The number of rotatable bonds is 2. The Labute approximate surface area is 68.6 Å². The van der Waals surface area contributed by atoms with Crippen molar-refractivity contribution in [2.45, 2.75) is 26.3 Å². The molecule has 0 aromatic heterocycles. The summed E-state index contributed by atoms with van der Waals surface area (Å²) in [6.45, 7) is 5.54. The van der Waals surface area contributed by atoms with Gasteiger partial charge in [-0.25, -0.2) is 0 Å². The molecule has 2 heteroatoms. The Kier molecular flexibility index (Phi) is 2.66. The highest BCUT2D eigenvalue weighted by Gasteiger charge is 2.30. The fourth-order valence-electron chi connectivity index (χ4n) is 1.71. The Bertz CT molecular complexity index is 144. The van der Waals surface area contributed by atoms with Crippen LogP contribution in [-0.4, -0.2) is 30.8 Å². The molecule has 1 aliphatic rings. The van der Waals surface area contributed by atoms with Crippen LogP contribution >= 0.6 is 0 Å². The van der Waals surface area contributed by atoms with Crippen LogP contribution in [0.2, 0.25) is 0 Å². The Balaban J connectivity index is 2.49. The van der Waals surface area contributed by atoms with E-state index in [1.165, 1.54) is 0 Å². The maximum Gasteiger partial charge on any atom is 0.137 e. The van der Waals surface area contributed by atoms with Crippen LogP contribution in [0.5, 0.6) is 0 Å². The van der Waals surface area contributed by atoms with Gasteiger partial charge in [-0.15, -0.1) is 0 Å². The normalized spacial score (nSPS) is 33.1. The average Bonchev–Trinajstić information content (AvgIpc) is 2.31. The smallest absolute Gasteiger partial charge is 0.137 e. The minimum absolute atomic E-state index is 0.183. The quantitative estimate of drug-likeness (QED) is 0.558. The molecule has 0 radical (unpaired) electrons. The van der Waals surface area contributed by atoms with Gasteiger partial charge in [-0.05, 0) is 25.3 Å². The number of likely N-dealkylation sites (N-methyl/N-ethyl adjacent to an activating group) is 1. The summed E-state index contributed by atoms with van der Waals surface area (Å²) in [6, 6.07) is 0.183.